The Morgan fingerprint density at radius 1 is 1.26 bits per heavy atom. The average molecular weight is 480 g/mol. The number of carbonyl (C=O) groups is 2. The van der Waals surface area contributed by atoms with Crippen LogP contribution in [0.3, 0.4) is 0 Å². The standard InChI is InChI=1S/C25H29N5O3S/c1-15(14-34-4)28-18-11-20-22(29-16(2)31)23(25(32)33-3)30(24(20)27-13-18)10-9-17-12-26-21-8-6-5-7-19(17)21/h5-8,11-13,15,26,28H,9-10,14H2,1-4H3,(H,29,31). The fourth-order valence-electron chi connectivity index (χ4n) is 4.28. The van der Waals surface area contributed by atoms with Crippen molar-refractivity contribution in [1.82, 2.24) is 14.5 Å². The number of hydrogen-bond acceptors (Lipinski definition) is 6. The zero-order valence-corrected chi connectivity index (χ0v) is 20.6. The highest BCUT2D eigenvalue weighted by atomic mass is 32.2. The van der Waals surface area contributed by atoms with Crippen LogP contribution in [0.5, 0.6) is 0 Å². The van der Waals surface area contributed by atoms with E-state index in [0.717, 1.165) is 27.9 Å². The molecule has 0 aliphatic rings. The molecule has 9 heteroatoms. The number of aryl methyl sites for hydroxylation is 2. The summed E-state index contributed by atoms with van der Waals surface area (Å²) in [4.78, 5) is 32.9. The fourth-order valence-corrected chi connectivity index (χ4v) is 4.86. The van der Waals surface area contributed by atoms with Gasteiger partial charge in [0.25, 0.3) is 0 Å². The molecule has 178 valence electrons. The highest BCUT2D eigenvalue weighted by molar-refractivity contribution is 7.98. The van der Waals surface area contributed by atoms with Crippen molar-refractivity contribution >= 4 is 56.9 Å². The first-order valence-corrected chi connectivity index (χ1v) is 12.5. The van der Waals surface area contributed by atoms with Crippen molar-refractivity contribution in [2.75, 3.05) is 29.8 Å². The highest BCUT2D eigenvalue weighted by Crippen LogP contribution is 2.33. The van der Waals surface area contributed by atoms with Crippen molar-refractivity contribution in [3.8, 4) is 0 Å². The van der Waals surface area contributed by atoms with E-state index >= 15 is 0 Å². The Kier molecular flexibility index (Phi) is 7.12. The number of aromatic nitrogens is 3. The van der Waals surface area contributed by atoms with Gasteiger partial charge in [-0.2, -0.15) is 11.8 Å². The molecule has 1 aromatic carbocycles. The van der Waals surface area contributed by atoms with Gasteiger partial charge in [-0.3, -0.25) is 4.79 Å². The fraction of sp³-hybridized carbons (Fsp3) is 0.320. The molecule has 1 atom stereocenters. The van der Waals surface area contributed by atoms with Gasteiger partial charge in [0.2, 0.25) is 5.91 Å². The third-order valence-corrected chi connectivity index (χ3v) is 6.52. The van der Waals surface area contributed by atoms with E-state index in [9.17, 15) is 9.59 Å². The predicted molar refractivity (Wildman–Crippen MR) is 139 cm³/mol. The molecule has 0 spiro atoms. The van der Waals surface area contributed by atoms with Crippen LogP contribution in [0.1, 0.15) is 29.9 Å². The van der Waals surface area contributed by atoms with E-state index in [4.69, 9.17) is 4.74 Å². The Morgan fingerprint density at radius 2 is 2.06 bits per heavy atom. The summed E-state index contributed by atoms with van der Waals surface area (Å²) in [5.41, 5.74) is 4.35. The Bertz CT molecular complexity index is 1340. The summed E-state index contributed by atoms with van der Waals surface area (Å²) in [5.74, 6) is 0.149. The Labute approximate surface area is 202 Å². The normalized spacial score (nSPS) is 12.1. The van der Waals surface area contributed by atoms with Crippen molar-refractivity contribution in [3.05, 3.63) is 54.0 Å². The molecule has 4 rings (SSSR count). The topological polar surface area (TPSA) is 101 Å². The van der Waals surface area contributed by atoms with E-state index in [1.54, 1.807) is 18.0 Å². The second kappa shape index (κ2) is 10.2. The minimum absolute atomic E-state index is 0.238. The molecule has 3 heterocycles. The molecule has 0 saturated heterocycles. The number of carbonyl (C=O) groups excluding carboxylic acids is 2. The van der Waals surface area contributed by atoms with E-state index < -0.39 is 5.97 Å². The molecular formula is C25H29N5O3S. The van der Waals surface area contributed by atoms with Crippen LogP contribution < -0.4 is 10.6 Å². The van der Waals surface area contributed by atoms with Crippen LogP contribution in [0.4, 0.5) is 11.4 Å². The lowest BCUT2D eigenvalue weighted by Crippen LogP contribution is -2.17. The molecule has 0 bridgehead atoms. The first-order valence-electron chi connectivity index (χ1n) is 11.1. The molecule has 0 fully saturated rings. The number of ether oxygens (including phenoxy) is 1. The SMILES string of the molecule is COC(=O)c1c(NC(C)=O)c2cc(NC(C)CSC)cnc2n1CCc1c[nH]c2ccccc12. The van der Waals surface area contributed by atoms with Gasteiger partial charge < -0.3 is 24.9 Å². The molecule has 34 heavy (non-hydrogen) atoms. The zero-order chi connectivity index (χ0) is 24.2. The van der Waals surface area contributed by atoms with E-state index in [2.05, 4.69) is 39.8 Å². The maximum Gasteiger partial charge on any atom is 0.356 e. The molecule has 0 aliphatic carbocycles. The van der Waals surface area contributed by atoms with E-state index in [-0.39, 0.29) is 17.6 Å². The molecular weight excluding hydrogens is 450 g/mol. The number of thioether (sulfide) groups is 1. The Balaban J connectivity index is 1.79. The number of benzene rings is 1. The third kappa shape index (κ3) is 4.75. The highest BCUT2D eigenvalue weighted by Gasteiger charge is 2.26. The summed E-state index contributed by atoms with van der Waals surface area (Å²) in [6.07, 6.45) is 6.49. The number of fused-ring (bicyclic) bond motifs is 2. The van der Waals surface area contributed by atoms with E-state index in [1.165, 1.54) is 14.0 Å². The van der Waals surface area contributed by atoms with Gasteiger partial charge in [0.15, 0.2) is 5.69 Å². The summed E-state index contributed by atoms with van der Waals surface area (Å²) in [6.45, 7) is 4.01. The third-order valence-electron chi connectivity index (χ3n) is 5.69. The summed E-state index contributed by atoms with van der Waals surface area (Å²) >= 11 is 1.76. The van der Waals surface area contributed by atoms with Crippen LogP contribution in [0.2, 0.25) is 0 Å². The lowest BCUT2D eigenvalue weighted by molar-refractivity contribution is -0.114. The Hall–Kier alpha value is -3.46. The molecule has 0 saturated carbocycles. The lowest BCUT2D eigenvalue weighted by atomic mass is 10.1. The van der Waals surface area contributed by atoms with Crippen LogP contribution in [-0.2, 0) is 22.5 Å². The van der Waals surface area contributed by atoms with Gasteiger partial charge in [0.1, 0.15) is 5.65 Å². The van der Waals surface area contributed by atoms with Crippen LogP contribution in [-0.4, -0.2) is 51.6 Å². The molecule has 0 aliphatic heterocycles. The van der Waals surface area contributed by atoms with E-state index in [0.29, 0.717) is 29.7 Å². The molecule has 0 radical (unpaired) electrons. The van der Waals surface area contributed by atoms with Gasteiger partial charge >= 0.3 is 5.97 Å². The first kappa shape index (κ1) is 23.7. The molecule has 3 aromatic heterocycles. The number of aromatic amines is 1. The van der Waals surface area contributed by atoms with Crippen LogP contribution >= 0.6 is 11.8 Å². The number of rotatable bonds is 9. The molecule has 1 amide bonds. The maximum absolute atomic E-state index is 12.9. The number of methoxy groups -OCH3 is 1. The van der Waals surface area contributed by atoms with Gasteiger partial charge in [-0.25, -0.2) is 9.78 Å². The second-order valence-corrected chi connectivity index (χ2v) is 9.16. The van der Waals surface area contributed by atoms with Crippen molar-refractivity contribution in [2.45, 2.75) is 32.9 Å². The minimum atomic E-state index is -0.522. The van der Waals surface area contributed by atoms with Gasteiger partial charge in [0, 0.05) is 47.7 Å². The van der Waals surface area contributed by atoms with Crippen molar-refractivity contribution in [2.24, 2.45) is 0 Å². The first-order chi connectivity index (χ1) is 16.4. The summed E-state index contributed by atoms with van der Waals surface area (Å²) in [6, 6.07) is 10.3. The molecule has 4 aromatic rings. The van der Waals surface area contributed by atoms with E-state index in [1.807, 2.05) is 35.0 Å². The monoisotopic (exact) mass is 479 g/mol. The molecule has 3 N–H and O–H groups in total. The predicted octanol–water partition coefficient (Wildman–Crippen LogP) is 4.67. The van der Waals surface area contributed by atoms with Crippen molar-refractivity contribution < 1.29 is 14.3 Å². The van der Waals surface area contributed by atoms with Crippen molar-refractivity contribution in [3.63, 3.8) is 0 Å². The van der Waals surface area contributed by atoms with Crippen LogP contribution in [0.15, 0.2) is 42.7 Å². The van der Waals surface area contributed by atoms with Crippen molar-refractivity contribution in [1.29, 1.82) is 0 Å². The number of anilines is 2. The summed E-state index contributed by atoms with van der Waals surface area (Å²) < 4.78 is 6.94. The lowest BCUT2D eigenvalue weighted by Gasteiger charge is -2.14. The Morgan fingerprint density at radius 3 is 2.79 bits per heavy atom. The minimum Gasteiger partial charge on any atom is -0.464 e. The largest absolute Gasteiger partial charge is 0.464 e. The van der Waals surface area contributed by atoms with Gasteiger partial charge in [-0.05, 0) is 37.3 Å². The number of H-pyrrole nitrogens is 1. The van der Waals surface area contributed by atoms with Gasteiger partial charge in [-0.15, -0.1) is 0 Å². The zero-order valence-electron chi connectivity index (χ0n) is 19.8. The van der Waals surface area contributed by atoms with Gasteiger partial charge in [-0.1, -0.05) is 18.2 Å². The van der Waals surface area contributed by atoms with Gasteiger partial charge in [0.05, 0.1) is 24.7 Å². The number of esters is 1. The summed E-state index contributed by atoms with van der Waals surface area (Å²) in [5, 5.41) is 8.11. The number of hydrogen-bond donors (Lipinski definition) is 3. The summed E-state index contributed by atoms with van der Waals surface area (Å²) in [7, 11) is 1.34. The number of amides is 1. The smallest absolute Gasteiger partial charge is 0.356 e. The molecule has 8 nitrogen and oxygen atoms in total. The van der Waals surface area contributed by atoms with Crippen LogP contribution in [0, 0.1) is 0 Å². The maximum atomic E-state index is 12.9. The molecule has 1 unspecified atom stereocenters. The van der Waals surface area contributed by atoms with Crippen LogP contribution in [0.25, 0.3) is 21.9 Å². The second-order valence-electron chi connectivity index (χ2n) is 8.25. The number of pyridine rings is 1. The average Bonchev–Trinajstić information content (AvgIpc) is 3.36. The number of para-hydroxylation sites is 1. The number of nitrogens with zero attached hydrogens (tertiary/aromatic N) is 2. The number of nitrogens with one attached hydrogen (secondary N) is 3. The quantitative estimate of drug-likeness (QED) is 0.302.